The van der Waals surface area contributed by atoms with Gasteiger partial charge < -0.3 is 9.64 Å². The standard InChI is InChI=1S/C16H21N5O2/c1-11-7-15(23-3)19-16(18-11)21-6-4-5-13(21)8-14(22)12-9-17-20(2)10-12/h7,9-10,13H,4-6,8H2,1-3H3/t13-/m0/s1. The highest BCUT2D eigenvalue weighted by Crippen LogP contribution is 2.27. The zero-order valence-corrected chi connectivity index (χ0v) is 13.7. The minimum atomic E-state index is 0.106. The lowest BCUT2D eigenvalue weighted by Gasteiger charge is -2.24. The molecule has 7 heteroatoms. The number of rotatable bonds is 5. The lowest BCUT2D eigenvalue weighted by atomic mass is 10.0. The van der Waals surface area contributed by atoms with E-state index in [2.05, 4.69) is 20.0 Å². The van der Waals surface area contributed by atoms with Crippen molar-refractivity contribution in [1.29, 1.82) is 0 Å². The fourth-order valence-electron chi connectivity index (χ4n) is 2.97. The normalized spacial score (nSPS) is 17.5. The van der Waals surface area contributed by atoms with Crippen LogP contribution in [0.5, 0.6) is 5.88 Å². The highest BCUT2D eigenvalue weighted by molar-refractivity contribution is 5.96. The Labute approximate surface area is 135 Å². The number of ketones is 1. The van der Waals surface area contributed by atoms with E-state index in [4.69, 9.17) is 4.74 Å². The molecular weight excluding hydrogens is 294 g/mol. The number of methoxy groups -OCH3 is 1. The maximum absolute atomic E-state index is 12.4. The first-order valence-corrected chi connectivity index (χ1v) is 7.75. The summed E-state index contributed by atoms with van der Waals surface area (Å²) >= 11 is 0. The average molecular weight is 315 g/mol. The number of ether oxygens (including phenoxy) is 1. The molecule has 0 unspecified atom stereocenters. The van der Waals surface area contributed by atoms with Gasteiger partial charge in [-0.15, -0.1) is 0 Å². The molecule has 3 heterocycles. The summed E-state index contributed by atoms with van der Waals surface area (Å²) in [6, 6.07) is 1.92. The van der Waals surface area contributed by atoms with Crippen LogP contribution < -0.4 is 9.64 Å². The molecule has 0 spiro atoms. The second-order valence-electron chi connectivity index (χ2n) is 5.87. The Bertz CT molecular complexity index is 712. The van der Waals surface area contributed by atoms with Gasteiger partial charge in [0.1, 0.15) is 0 Å². The Balaban J connectivity index is 1.77. The number of aryl methyl sites for hydroxylation is 2. The first kappa shape index (κ1) is 15.5. The van der Waals surface area contributed by atoms with Crippen LogP contribution in [-0.2, 0) is 7.05 Å². The first-order valence-electron chi connectivity index (χ1n) is 7.75. The maximum Gasteiger partial charge on any atom is 0.229 e. The number of hydrogen-bond donors (Lipinski definition) is 0. The molecule has 1 aliphatic rings. The molecule has 0 saturated carbocycles. The van der Waals surface area contributed by atoms with Crippen LogP contribution in [0.4, 0.5) is 5.95 Å². The number of carbonyl (C=O) groups is 1. The van der Waals surface area contributed by atoms with Crippen LogP contribution in [0.3, 0.4) is 0 Å². The third-order valence-corrected chi connectivity index (χ3v) is 4.11. The Morgan fingerprint density at radius 3 is 2.96 bits per heavy atom. The van der Waals surface area contributed by atoms with E-state index in [0.29, 0.717) is 23.8 Å². The van der Waals surface area contributed by atoms with E-state index in [1.54, 1.807) is 30.3 Å². The molecule has 122 valence electrons. The summed E-state index contributed by atoms with van der Waals surface area (Å²) in [5.74, 6) is 1.30. The summed E-state index contributed by atoms with van der Waals surface area (Å²) in [4.78, 5) is 23.5. The fraction of sp³-hybridized carbons (Fsp3) is 0.500. The van der Waals surface area contributed by atoms with Crippen LogP contribution in [0.2, 0.25) is 0 Å². The quantitative estimate of drug-likeness (QED) is 0.783. The second-order valence-corrected chi connectivity index (χ2v) is 5.87. The van der Waals surface area contributed by atoms with E-state index in [1.165, 1.54) is 0 Å². The van der Waals surface area contributed by atoms with Crippen molar-refractivity contribution in [3.8, 4) is 5.88 Å². The predicted octanol–water partition coefficient (Wildman–Crippen LogP) is 1.77. The molecule has 23 heavy (non-hydrogen) atoms. The van der Waals surface area contributed by atoms with Crippen LogP contribution in [0.25, 0.3) is 0 Å². The third-order valence-electron chi connectivity index (χ3n) is 4.11. The van der Waals surface area contributed by atoms with Gasteiger partial charge in [0.15, 0.2) is 5.78 Å². The number of anilines is 1. The lowest BCUT2D eigenvalue weighted by Crippen LogP contribution is -2.32. The molecule has 1 fully saturated rings. The summed E-state index contributed by atoms with van der Waals surface area (Å²) in [7, 11) is 3.41. The van der Waals surface area contributed by atoms with Crippen LogP contribution in [0.1, 0.15) is 35.3 Å². The average Bonchev–Trinajstić information content (AvgIpc) is 3.15. The van der Waals surface area contributed by atoms with Gasteiger partial charge in [-0.3, -0.25) is 9.48 Å². The third kappa shape index (κ3) is 3.33. The Kier molecular flexibility index (Phi) is 4.27. The molecule has 0 aliphatic carbocycles. The van der Waals surface area contributed by atoms with Gasteiger partial charge in [0.05, 0.1) is 18.9 Å². The van der Waals surface area contributed by atoms with Gasteiger partial charge in [-0.1, -0.05) is 0 Å². The van der Waals surface area contributed by atoms with Crippen LogP contribution in [0, 0.1) is 6.92 Å². The van der Waals surface area contributed by atoms with Gasteiger partial charge in [-0.05, 0) is 19.8 Å². The minimum absolute atomic E-state index is 0.106. The molecule has 0 radical (unpaired) electrons. The maximum atomic E-state index is 12.4. The van der Waals surface area contributed by atoms with Gasteiger partial charge in [0, 0.05) is 44.0 Å². The summed E-state index contributed by atoms with van der Waals surface area (Å²) in [6.07, 6.45) is 5.82. The van der Waals surface area contributed by atoms with Crippen molar-refractivity contribution in [3.05, 3.63) is 29.7 Å². The topological polar surface area (TPSA) is 73.1 Å². The molecule has 1 saturated heterocycles. The van der Waals surface area contributed by atoms with Crippen LogP contribution >= 0.6 is 0 Å². The molecule has 0 bridgehead atoms. The van der Waals surface area contributed by atoms with E-state index in [-0.39, 0.29) is 11.8 Å². The smallest absolute Gasteiger partial charge is 0.229 e. The Morgan fingerprint density at radius 1 is 1.43 bits per heavy atom. The van der Waals surface area contributed by atoms with E-state index >= 15 is 0 Å². The van der Waals surface area contributed by atoms with Crippen LogP contribution in [-0.4, -0.2) is 45.2 Å². The van der Waals surface area contributed by atoms with Crippen molar-refractivity contribution >= 4 is 11.7 Å². The van der Waals surface area contributed by atoms with Gasteiger partial charge in [-0.25, -0.2) is 4.98 Å². The Morgan fingerprint density at radius 2 is 2.26 bits per heavy atom. The molecule has 1 atom stereocenters. The first-order chi connectivity index (χ1) is 11.1. The van der Waals surface area contributed by atoms with E-state index < -0.39 is 0 Å². The lowest BCUT2D eigenvalue weighted by molar-refractivity contribution is 0.0974. The number of hydrogen-bond acceptors (Lipinski definition) is 6. The fourth-order valence-corrected chi connectivity index (χ4v) is 2.97. The van der Waals surface area contributed by atoms with Gasteiger partial charge in [0.25, 0.3) is 0 Å². The van der Waals surface area contributed by atoms with Crippen molar-refractivity contribution in [3.63, 3.8) is 0 Å². The molecule has 2 aromatic rings. The van der Waals surface area contributed by atoms with Crippen molar-refractivity contribution in [2.75, 3.05) is 18.6 Å². The minimum Gasteiger partial charge on any atom is -0.481 e. The summed E-state index contributed by atoms with van der Waals surface area (Å²) in [5.41, 5.74) is 1.51. The highest BCUT2D eigenvalue weighted by Gasteiger charge is 2.29. The second kappa shape index (κ2) is 6.36. The summed E-state index contributed by atoms with van der Waals surface area (Å²) in [5, 5.41) is 4.06. The van der Waals surface area contributed by atoms with Crippen molar-refractivity contribution < 1.29 is 9.53 Å². The van der Waals surface area contributed by atoms with E-state index in [9.17, 15) is 4.79 Å². The predicted molar refractivity (Wildman–Crippen MR) is 85.8 cm³/mol. The van der Waals surface area contributed by atoms with Crippen LogP contribution in [0.15, 0.2) is 18.5 Å². The molecule has 3 rings (SSSR count). The summed E-state index contributed by atoms with van der Waals surface area (Å²) in [6.45, 7) is 2.77. The largest absolute Gasteiger partial charge is 0.481 e. The zero-order valence-electron chi connectivity index (χ0n) is 13.7. The molecular formula is C16H21N5O2. The number of aromatic nitrogens is 4. The van der Waals surface area contributed by atoms with Crippen molar-refractivity contribution in [1.82, 2.24) is 19.7 Å². The van der Waals surface area contributed by atoms with Gasteiger partial charge in [-0.2, -0.15) is 10.1 Å². The molecule has 2 aromatic heterocycles. The molecule has 7 nitrogen and oxygen atoms in total. The van der Waals surface area contributed by atoms with Gasteiger partial charge >= 0.3 is 0 Å². The molecule has 1 aliphatic heterocycles. The molecule has 0 aromatic carbocycles. The number of carbonyl (C=O) groups excluding carboxylic acids is 1. The molecule has 0 N–H and O–H groups in total. The van der Waals surface area contributed by atoms with E-state index in [1.807, 2.05) is 14.0 Å². The van der Waals surface area contributed by atoms with E-state index in [0.717, 1.165) is 25.1 Å². The number of nitrogens with zero attached hydrogens (tertiary/aromatic N) is 5. The van der Waals surface area contributed by atoms with Gasteiger partial charge in [0.2, 0.25) is 11.8 Å². The Hall–Kier alpha value is -2.44. The van der Waals surface area contributed by atoms with Crippen molar-refractivity contribution in [2.45, 2.75) is 32.2 Å². The van der Waals surface area contributed by atoms with Crippen molar-refractivity contribution in [2.24, 2.45) is 7.05 Å². The SMILES string of the molecule is COc1cc(C)nc(N2CCC[C@H]2CC(=O)c2cnn(C)c2)n1. The summed E-state index contributed by atoms with van der Waals surface area (Å²) < 4.78 is 6.87. The highest BCUT2D eigenvalue weighted by atomic mass is 16.5. The molecule has 0 amide bonds. The monoisotopic (exact) mass is 315 g/mol. The zero-order chi connectivity index (χ0) is 16.4. The number of Topliss-reactive ketones (excluding diaryl/α,β-unsaturated/α-hetero) is 1.